The summed E-state index contributed by atoms with van der Waals surface area (Å²) in [7, 11) is 0. The van der Waals surface area contributed by atoms with Crippen molar-refractivity contribution in [2.24, 2.45) is 5.73 Å². The molecule has 1 fully saturated rings. The lowest BCUT2D eigenvalue weighted by Crippen LogP contribution is -2.31. The van der Waals surface area contributed by atoms with Crippen molar-refractivity contribution in [3.05, 3.63) is 0 Å². The molecular formula is C11H22N2O2. The fraction of sp³-hybridized carbons (Fsp3) is 0.909. The van der Waals surface area contributed by atoms with Gasteiger partial charge in [0.25, 0.3) is 0 Å². The second kappa shape index (κ2) is 6.80. The molecule has 0 spiro atoms. The number of nitrogens with one attached hydrogen (secondary N) is 1. The van der Waals surface area contributed by atoms with E-state index in [9.17, 15) is 4.79 Å². The monoisotopic (exact) mass is 214 g/mol. The predicted octanol–water partition coefficient (Wildman–Crippen LogP) is 0.799. The molecule has 0 aliphatic carbocycles. The summed E-state index contributed by atoms with van der Waals surface area (Å²) in [5, 5.41) is 2.89. The first-order valence-electron chi connectivity index (χ1n) is 5.82. The molecule has 1 amide bonds. The molecule has 0 radical (unpaired) electrons. The Morgan fingerprint density at radius 2 is 2.47 bits per heavy atom. The summed E-state index contributed by atoms with van der Waals surface area (Å²) in [6, 6.07) is 0.191. The van der Waals surface area contributed by atoms with Crippen LogP contribution in [0, 0.1) is 0 Å². The second-order valence-electron chi connectivity index (χ2n) is 4.31. The lowest BCUT2D eigenvalue weighted by Gasteiger charge is -2.10. The molecule has 1 aliphatic heterocycles. The molecule has 0 aromatic carbocycles. The molecule has 88 valence electrons. The van der Waals surface area contributed by atoms with E-state index in [1.54, 1.807) is 0 Å². The van der Waals surface area contributed by atoms with E-state index < -0.39 is 0 Å². The van der Waals surface area contributed by atoms with E-state index in [1.807, 2.05) is 6.92 Å². The van der Waals surface area contributed by atoms with Gasteiger partial charge < -0.3 is 15.8 Å². The Bertz CT molecular complexity index is 189. The molecule has 15 heavy (non-hydrogen) atoms. The van der Waals surface area contributed by atoms with Gasteiger partial charge in [-0.3, -0.25) is 4.79 Å². The highest BCUT2D eigenvalue weighted by molar-refractivity contribution is 5.75. The molecule has 1 aliphatic rings. The largest absolute Gasteiger partial charge is 0.376 e. The van der Waals surface area contributed by atoms with Gasteiger partial charge in [-0.2, -0.15) is 0 Å². The van der Waals surface area contributed by atoms with Crippen molar-refractivity contribution in [1.82, 2.24) is 5.32 Å². The first-order chi connectivity index (χ1) is 7.18. The van der Waals surface area contributed by atoms with Gasteiger partial charge in [-0.15, -0.1) is 0 Å². The first-order valence-corrected chi connectivity index (χ1v) is 5.82. The maximum Gasteiger partial charge on any atom is 0.220 e. The third-order valence-corrected chi connectivity index (χ3v) is 2.61. The molecule has 1 saturated heterocycles. The van der Waals surface area contributed by atoms with Crippen molar-refractivity contribution in [1.29, 1.82) is 0 Å². The van der Waals surface area contributed by atoms with Gasteiger partial charge in [0.15, 0.2) is 0 Å². The van der Waals surface area contributed by atoms with Crippen molar-refractivity contribution >= 4 is 5.91 Å². The van der Waals surface area contributed by atoms with Crippen molar-refractivity contribution in [2.75, 3.05) is 13.2 Å². The Morgan fingerprint density at radius 1 is 1.67 bits per heavy atom. The fourth-order valence-electron chi connectivity index (χ4n) is 1.71. The number of nitrogens with two attached hydrogens (primary N) is 1. The third kappa shape index (κ3) is 5.74. The Hall–Kier alpha value is -0.610. The van der Waals surface area contributed by atoms with E-state index in [-0.39, 0.29) is 18.1 Å². The number of ether oxygens (including phenoxy) is 1. The highest BCUT2D eigenvalue weighted by atomic mass is 16.5. The Kier molecular flexibility index (Phi) is 5.65. The molecule has 0 aromatic heterocycles. The normalized spacial score (nSPS) is 22.7. The summed E-state index contributed by atoms with van der Waals surface area (Å²) in [6.07, 6.45) is 4.78. The van der Waals surface area contributed by atoms with Crippen LogP contribution in [0.4, 0.5) is 0 Å². The van der Waals surface area contributed by atoms with Crippen molar-refractivity contribution < 1.29 is 9.53 Å². The maximum atomic E-state index is 11.4. The molecule has 1 rings (SSSR count). The van der Waals surface area contributed by atoms with Gasteiger partial charge in [0, 0.05) is 25.6 Å². The summed E-state index contributed by atoms with van der Waals surface area (Å²) < 4.78 is 5.41. The van der Waals surface area contributed by atoms with Crippen LogP contribution in [0.5, 0.6) is 0 Å². The minimum atomic E-state index is 0.117. The SMILES string of the molecule is CC(N)CCCC(=O)NCC1CCCO1. The van der Waals surface area contributed by atoms with Crippen molar-refractivity contribution in [3.8, 4) is 0 Å². The lowest BCUT2D eigenvalue weighted by atomic mass is 10.1. The quantitative estimate of drug-likeness (QED) is 0.687. The molecule has 4 nitrogen and oxygen atoms in total. The molecule has 0 bridgehead atoms. The van der Waals surface area contributed by atoms with Crippen molar-refractivity contribution in [3.63, 3.8) is 0 Å². The number of amides is 1. The van der Waals surface area contributed by atoms with E-state index in [2.05, 4.69) is 5.32 Å². The summed E-state index contributed by atoms with van der Waals surface area (Å²) in [6.45, 7) is 3.46. The Balaban J connectivity index is 1.98. The van der Waals surface area contributed by atoms with E-state index in [0.717, 1.165) is 32.3 Å². The van der Waals surface area contributed by atoms with Gasteiger partial charge in [-0.1, -0.05) is 0 Å². The zero-order valence-corrected chi connectivity index (χ0v) is 9.50. The van der Waals surface area contributed by atoms with Gasteiger partial charge >= 0.3 is 0 Å². The van der Waals surface area contributed by atoms with Gasteiger partial charge in [-0.25, -0.2) is 0 Å². The molecule has 4 heteroatoms. The van der Waals surface area contributed by atoms with Crippen LogP contribution in [-0.2, 0) is 9.53 Å². The zero-order valence-electron chi connectivity index (χ0n) is 9.50. The number of rotatable bonds is 6. The van der Waals surface area contributed by atoms with E-state index in [4.69, 9.17) is 10.5 Å². The molecular weight excluding hydrogens is 192 g/mol. The average molecular weight is 214 g/mol. The van der Waals surface area contributed by atoms with E-state index >= 15 is 0 Å². The lowest BCUT2D eigenvalue weighted by molar-refractivity contribution is -0.121. The first kappa shape index (κ1) is 12.5. The minimum absolute atomic E-state index is 0.117. The van der Waals surface area contributed by atoms with Crippen LogP contribution in [0.25, 0.3) is 0 Å². The summed E-state index contributed by atoms with van der Waals surface area (Å²) in [4.78, 5) is 11.4. The topological polar surface area (TPSA) is 64.4 Å². The molecule has 2 atom stereocenters. The number of hydrogen-bond acceptors (Lipinski definition) is 3. The second-order valence-corrected chi connectivity index (χ2v) is 4.31. The number of hydrogen-bond donors (Lipinski definition) is 2. The highest BCUT2D eigenvalue weighted by Crippen LogP contribution is 2.10. The smallest absolute Gasteiger partial charge is 0.220 e. The van der Waals surface area contributed by atoms with Crippen molar-refractivity contribution in [2.45, 2.75) is 51.2 Å². The predicted molar refractivity (Wildman–Crippen MR) is 59.5 cm³/mol. The molecule has 0 aromatic rings. The Labute approximate surface area is 91.5 Å². The highest BCUT2D eigenvalue weighted by Gasteiger charge is 2.15. The molecule has 1 heterocycles. The van der Waals surface area contributed by atoms with Crippen LogP contribution in [0.3, 0.4) is 0 Å². The third-order valence-electron chi connectivity index (χ3n) is 2.61. The summed E-state index contributed by atoms with van der Waals surface area (Å²) >= 11 is 0. The van der Waals surface area contributed by atoms with Crippen LogP contribution in [0.15, 0.2) is 0 Å². The average Bonchev–Trinajstić information content (AvgIpc) is 2.66. The minimum Gasteiger partial charge on any atom is -0.376 e. The zero-order chi connectivity index (χ0) is 11.1. The van der Waals surface area contributed by atoms with Crippen LogP contribution in [0.2, 0.25) is 0 Å². The number of carbonyl (C=O) groups excluding carboxylic acids is 1. The fourth-order valence-corrected chi connectivity index (χ4v) is 1.71. The van der Waals surface area contributed by atoms with E-state index in [0.29, 0.717) is 13.0 Å². The Morgan fingerprint density at radius 3 is 3.07 bits per heavy atom. The standard InChI is InChI=1S/C11H22N2O2/c1-9(12)4-2-6-11(14)13-8-10-5-3-7-15-10/h9-10H,2-8,12H2,1H3,(H,13,14). The van der Waals surface area contributed by atoms with Crippen LogP contribution in [0.1, 0.15) is 39.0 Å². The van der Waals surface area contributed by atoms with Gasteiger partial charge in [-0.05, 0) is 32.6 Å². The summed E-state index contributed by atoms with van der Waals surface area (Å²) in [5.41, 5.74) is 5.60. The van der Waals surface area contributed by atoms with Crippen LogP contribution >= 0.6 is 0 Å². The van der Waals surface area contributed by atoms with Crippen LogP contribution in [-0.4, -0.2) is 31.2 Å². The van der Waals surface area contributed by atoms with Gasteiger partial charge in [0.1, 0.15) is 0 Å². The molecule has 3 N–H and O–H groups in total. The summed E-state index contributed by atoms with van der Waals surface area (Å²) in [5.74, 6) is 0.117. The number of carbonyl (C=O) groups is 1. The van der Waals surface area contributed by atoms with E-state index in [1.165, 1.54) is 0 Å². The van der Waals surface area contributed by atoms with Crippen LogP contribution < -0.4 is 11.1 Å². The van der Waals surface area contributed by atoms with Gasteiger partial charge in [0.05, 0.1) is 6.10 Å². The van der Waals surface area contributed by atoms with Gasteiger partial charge in [0.2, 0.25) is 5.91 Å². The molecule has 2 unspecified atom stereocenters. The maximum absolute atomic E-state index is 11.4. The molecule has 0 saturated carbocycles.